The number of aliphatic hydroxyl groups excluding tert-OH is 1. The largest absolute Gasteiger partial charge is 0.391 e. The first kappa shape index (κ1) is 12.6. The highest BCUT2D eigenvalue weighted by atomic mass is 79.9. The first-order chi connectivity index (χ1) is 6.13. The lowest BCUT2D eigenvalue weighted by Gasteiger charge is -1.96. The predicted molar refractivity (Wildman–Crippen MR) is 60.1 cm³/mol. The van der Waals surface area contributed by atoms with Crippen LogP contribution in [0.1, 0.15) is 0 Å². The quantitative estimate of drug-likeness (QED) is 0.491. The minimum Gasteiger partial charge on any atom is -0.391 e. The minimum absolute atomic E-state index is 0.0922. The molecule has 0 heterocycles. The predicted octanol–water partition coefficient (Wildman–Crippen LogP) is 2.13. The van der Waals surface area contributed by atoms with Gasteiger partial charge in [-0.2, -0.15) is 5.26 Å². The van der Waals surface area contributed by atoms with Crippen molar-refractivity contribution >= 4 is 37.6 Å². The van der Waals surface area contributed by atoms with E-state index in [1.54, 1.807) is 6.08 Å². The number of halogens is 2. The van der Waals surface area contributed by atoms with Gasteiger partial charge in [0.25, 0.3) is 0 Å². The molecule has 0 aliphatic carbocycles. The maximum atomic E-state index is 8.70. The van der Waals surface area contributed by atoms with E-state index in [9.17, 15) is 0 Å². The number of allylic oxidation sites excluding steroid dienone is 2. The maximum Gasteiger partial charge on any atom is 0.133 e. The average Bonchev–Trinajstić information content (AvgIpc) is 2.16. The molecule has 13 heavy (non-hydrogen) atoms. The van der Waals surface area contributed by atoms with E-state index in [4.69, 9.17) is 10.4 Å². The summed E-state index contributed by atoms with van der Waals surface area (Å²) in [7, 11) is 0. The van der Waals surface area contributed by atoms with Gasteiger partial charge in [0.2, 0.25) is 0 Å². The molecule has 0 aliphatic heterocycles. The molecule has 0 fully saturated rings. The molecule has 0 saturated carbocycles. The maximum absolute atomic E-state index is 8.70. The molecule has 70 valence electrons. The lowest BCUT2D eigenvalue weighted by molar-refractivity contribution is 0.340. The third-order valence-corrected chi connectivity index (χ3v) is 2.07. The van der Waals surface area contributed by atoms with Gasteiger partial charge in [-0.25, -0.2) is 4.99 Å². The van der Waals surface area contributed by atoms with Crippen molar-refractivity contribution in [1.29, 1.82) is 5.26 Å². The van der Waals surface area contributed by atoms with Gasteiger partial charge in [-0.1, -0.05) is 38.4 Å². The van der Waals surface area contributed by atoms with Crippen LogP contribution in [0.5, 0.6) is 0 Å². The number of aliphatic imine (C=N–C) groups is 1. The molecule has 0 spiro atoms. The van der Waals surface area contributed by atoms with Crippen LogP contribution in [-0.4, -0.2) is 22.8 Å². The van der Waals surface area contributed by atoms with Crippen LogP contribution in [-0.2, 0) is 0 Å². The van der Waals surface area contributed by atoms with E-state index in [1.165, 1.54) is 0 Å². The fourth-order valence-electron chi connectivity index (χ4n) is 0.526. The Hall–Kier alpha value is -0.440. The van der Waals surface area contributed by atoms with Crippen LogP contribution in [0, 0.1) is 11.3 Å². The number of nitriles is 1. The van der Waals surface area contributed by atoms with E-state index in [0.717, 1.165) is 0 Å². The molecule has 0 atom stereocenters. The van der Waals surface area contributed by atoms with Gasteiger partial charge in [0, 0.05) is 9.81 Å². The van der Waals surface area contributed by atoms with E-state index in [-0.39, 0.29) is 12.3 Å². The van der Waals surface area contributed by atoms with Crippen LogP contribution < -0.4 is 0 Å². The Labute approximate surface area is 93.7 Å². The number of hydrogen-bond donors (Lipinski definition) is 1. The van der Waals surface area contributed by atoms with Gasteiger partial charge in [-0.3, -0.25) is 0 Å². The van der Waals surface area contributed by atoms with E-state index in [2.05, 4.69) is 43.4 Å². The third kappa shape index (κ3) is 5.75. The molecule has 0 aromatic carbocycles. The molecule has 1 N–H and O–H groups in total. The van der Waals surface area contributed by atoms with Crippen LogP contribution in [0.4, 0.5) is 0 Å². The van der Waals surface area contributed by atoms with E-state index in [0.29, 0.717) is 15.5 Å². The standard InChI is InChI=1S/C8H8Br2N2O/c1-6(4-11)12-8(3-9)2-7(10)5-13/h2,13H,1,3,5H2/b7-2+,12-8+. The summed E-state index contributed by atoms with van der Waals surface area (Å²) >= 11 is 6.33. The van der Waals surface area contributed by atoms with Gasteiger partial charge in [0.1, 0.15) is 11.8 Å². The topological polar surface area (TPSA) is 56.4 Å². The zero-order valence-electron chi connectivity index (χ0n) is 6.80. The van der Waals surface area contributed by atoms with Crippen molar-refractivity contribution in [3.05, 3.63) is 22.8 Å². The first-order valence-corrected chi connectivity index (χ1v) is 5.25. The van der Waals surface area contributed by atoms with Crippen molar-refractivity contribution in [2.24, 2.45) is 4.99 Å². The van der Waals surface area contributed by atoms with Crippen LogP contribution in [0.15, 0.2) is 27.8 Å². The van der Waals surface area contributed by atoms with Gasteiger partial charge in [0.15, 0.2) is 0 Å². The lowest BCUT2D eigenvalue weighted by atomic mass is 10.3. The average molecular weight is 308 g/mol. The SMILES string of the molecule is C=C(C#N)/N=C(\C=C(\Br)CO)CBr. The van der Waals surface area contributed by atoms with Crippen molar-refractivity contribution in [3.8, 4) is 6.07 Å². The number of hydrogen-bond acceptors (Lipinski definition) is 3. The molecule has 0 radical (unpaired) electrons. The van der Waals surface area contributed by atoms with Crippen molar-refractivity contribution in [3.63, 3.8) is 0 Å². The molecule has 0 aromatic rings. The highest BCUT2D eigenvalue weighted by Gasteiger charge is 1.96. The summed E-state index contributed by atoms with van der Waals surface area (Å²) in [5, 5.41) is 17.6. The molecule has 0 aliphatic rings. The molecule has 0 bridgehead atoms. The molecular weight excluding hydrogens is 300 g/mol. The highest BCUT2D eigenvalue weighted by Crippen LogP contribution is 2.05. The molecular formula is C8H8Br2N2O. The molecule has 3 nitrogen and oxygen atoms in total. The summed E-state index contributed by atoms with van der Waals surface area (Å²) in [5.41, 5.74) is 0.774. The first-order valence-electron chi connectivity index (χ1n) is 3.33. The molecule has 0 rings (SSSR count). The van der Waals surface area contributed by atoms with Gasteiger partial charge >= 0.3 is 0 Å². The number of nitrogens with zero attached hydrogens (tertiary/aromatic N) is 2. The van der Waals surface area contributed by atoms with Crippen LogP contribution in [0.25, 0.3) is 0 Å². The van der Waals surface area contributed by atoms with Crippen molar-refractivity contribution in [1.82, 2.24) is 0 Å². The van der Waals surface area contributed by atoms with E-state index >= 15 is 0 Å². The summed E-state index contributed by atoms with van der Waals surface area (Å²) < 4.78 is 0.608. The number of alkyl halides is 1. The molecule has 5 heteroatoms. The van der Waals surface area contributed by atoms with Crippen LogP contribution >= 0.6 is 31.9 Å². The summed E-state index contributed by atoms with van der Waals surface area (Å²) in [4.78, 5) is 3.90. The Balaban J connectivity index is 4.63. The lowest BCUT2D eigenvalue weighted by Crippen LogP contribution is -1.97. The Morgan fingerprint density at radius 3 is 2.69 bits per heavy atom. The Bertz CT molecular complexity index is 289. The van der Waals surface area contributed by atoms with E-state index in [1.807, 2.05) is 6.07 Å². The molecule has 0 saturated heterocycles. The normalized spacial score (nSPS) is 12.5. The molecule has 0 aromatic heterocycles. The van der Waals surface area contributed by atoms with Gasteiger partial charge < -0.3 is 5.11 Å². The van der Waals surface area contributed by atoms with Crippen molar-refractivity contribution < 1.29 is 5.11 Å². The van der Waals surface area contributed by atoms with E-state index < -0.39 is 0 Å². The van der Waals surface area contributed by atoms with Gasteiger partial charge in [0.05, 0.1) is 12.3 Å². The Morgan fingerprint density at radius 1 is 1.69 bits per heavy atom. The zero-order valence-corrected chi connectivity index (χ0v) is 9.97. The smallest absolute Gasteiger partial charge is 0.133 e. The number of rotatable bonds is 4. The Morgan fingerprint density at radius 2 is 2.31 bits per heavy atom. The second-order valence-corrected chi connectivity index (χ2v) is 3.62. The minimum atomic E-state index is -0.0922. The van der Waals surface area contributed by atoms with Crippen molar-refractivity contribution in [2.45, 2.75) is 0 Å². The summed E-state index contributed by atoms with van der Waals surface area (Å²) in [6.45, 7) is 3.33. The zero-order chi connectivity index (χ0) is 10.3. The van der Waals surface area contributed by atoms with Crippen LogP contribution in [0.2, 0.25) is 0 Å². The summed E-state index contributed by atoms with van der Waals surface area (Å²) in [5.74, 6) is 0. The van der Waals surface area contributed by atoms with Gasteiger partial charge in [-0.15, -0.1) is 0 Å². The Kier molecular flexibility index (Phi) is 6.77. The van der Waals surface area contributed by atoms with Crippen molar-refractivity contribution in [2.75, 3.05) is 11.9 Å². The fraction of sp³-hybridized carbons (Fsp3) is 0.250. The van der Waals surface area contributed by atoms with Crippen LogP contribution in [0.3, 0.4) is 0 Å². The number of aliphatic hydroxyl groups is 1. The fourth-order valence-corrected chi connectivity index (χ4v) is 1.08. The molecule has 0 amide bonds. The highest BCUT2D eigenvalue weighted by molar-refractivity contribution is 9.11. The van der Waals surface area contributed by atoms with Gasteiger partial charge in [-0.05, 0) is 6.08 Å². The summed E-state index contributed by atoms with van der Waals surface area (Å²) in [6, 6.07) is 1.81. The third-order valence-electron chi connectivity index (χ3n) is 1.02. The second kappa shape index (κ2) is 7.01. The monoisotopic (exact) mass is 306 g/mol. The second-order valence-electron chi connectivity index (χ2n) is 2.04. The summed E-state index contributed by atoms with van der Waals surface area (Å²) in [6.07, 6.45) is 1.64. The molecule has 0 unspecified atom stereocenters.